The van der Waals surface area contributed by atoms with Crippen LogP contribution in [-0.4, -0.2) is 33.7 Å². The molecule has 0 aliphatic heterocycles. The van der Waals surface area contributed by atoms with E-state index < -0.39 is 10.0 Å². The highest BCUT2D eigenvalue weighted by molar-refractivity contribution is 7.92. The third-order valence-electron chi connectivity index (χ3n) is 4.50. The molecule has 6 heteroatoms. The average Bonchev–Trinajstić information content (AvgIpc) is 2.61. The van der Waals surface area contributed by atoms with Crippen molar-refractivity contribution in [1.82, 2.24) is 5.32 Å². The molecule has 0 saturated carbocycles. The van der Waals surface area contributed by atoms with E-state index in [-0.39, 0.29) is 5.91 Å². The van der Waals surface area contributed by atoms with Gasteiger partial charge in [0.15, 0.2) is 0 Å². The molecule has 28 heavy (non-hydrogen) atoms. The van der Waals surface area contributed by atoms with Gasteiger partial charge in [-0.05, 0) is 56.4 Å². The second kappa shape index (κ2) is 10.3. The van der Waals surface area contributed by atoms with Gasteiger partial charge in [-0.1, -0.05) is 42.0 Å². The molecule has 2 aromatic carbocycles. The van der Waals surface area contributed by atoms with E-state index in [2.05, 4.69) is 30.4 Å². The smallest absolute Gasteiger partial charge is 0.232 e. The zero-order valence-corrected chi connectivity index (χ0v) is 17.8. The standard InChI is InChI=1S/C22H30N2O3S/c1-18-8-4-10-20(16-18)11-6-14-23-22(25)13-7-15-24(28(3,26)27)21-12-5-9-19(2)17-21/h4-5,8-10,12,16-17H,6-7,11,13-15H2,1-3H3,(H,23,25). The molecule has 0 bridgehead atoms. The van der Waals surface area contributed by atoms with Gasteiger partial charge in [0.05, 0.1) is 11.9 Å². The number of carbonyl (C=O) groups is 1. The van der Waals surface area contributed by atoms with E-state index in [1.54, 1.807) is 6.07 Å². The van der Waals surface area contributed by atoms with Crippen LogP contribution in [0.2, 0.25) is 0 Å². The van der Waals surface area contributed by atoms with Crippen LogP contribution in [0.1, 0.15) is 36.0 Å². The van der Waals surface area contributed by atoms with Gasteiger partial charge in [-0.15, -0.1) is 0 Å². The molecule has 2 aromatic rings. The lowest BCUT2D eigenvalue weighted by Gasteiger charge is -2.22. The molecule has 2 rings (SSSR count). The van der Waals surface area contributed by atoms with E-state index in [1.807, 2.05) is 31.2 Å². The Morgan fingerprint density at radius 1 is 1.00 bits per heavy atom. The van der Waals surface area contributed by atoms with Crippen LogP contribution in [0.15, 0.2) is 48.5 Å². The molecule has 0 spiro atoms. The number of hydrogen-bond donors (Lipinski definition) is 1. The van der Waals surface area contributed by atoms with Gasteiger partial charge in [-0.2, -0.15) is 0 Å². The number of benzene rings is 2. The van der Waals surface area contributed by atoms with Crippen molar-refractivity contribution in [2.75, 3.05) is 23.7 Å². The third-order valence-corrected chi connectivity index (χ3v) is 5.70. The summed E-state index contributed by atoms with van der Waals surface area (Å²) < 4.78 is 25.6. The summed E-state index contributed by atoms with van der Waals surface area (Å²) in [5.41, 5.74) is 4.15. The molecular formula is C22H30N2O3S. The van der Waals surface area contributed by atoms with E-state index in [4.69, 9.17) is 0 Å². The summed E-state index contributed by atoms with van der Waals surface area (Å²) in [6.45, 7) is 4.91. The Bertz CT molecular complexity index is 894. The quantitative estimate of drug-likeness (QED) is 0.618. The normalized spacial score (nSPS) is 11.2. The predicted octanol–water partition coefficient (Wildman–Crippen LogP) is 3.60. The number of nitrogens with zero attached hydrogens (tertiary/aromatic N) is 1. The molecule has 152 valence electrons. The van der Waals surface area contributed by atoms with Crippen molar-refractivity contribution in [2.45, 2.75) is 39.5 Å². The van der Waals surface area contributed by atoms with Crippen LogP contribution in [-0.2, 0) is 21.2 Å². The Morgan fingerprint density at radius 3 is 2.32 bits per heavy atom. The fraction of sp³-hybridized carbons (Fsp3) is 0.409. The summed E-state index contributed by atoms with van der Waals surface area (Å²) in [5.74, 6) is -0.0399. The summed E-state index contributed by atoms with van der Waals surface area (Å²) in [4.78, 5) is 12.1. The molecule has 0 radical (unpaired) electrons. The SMILES string of the molecule is Cc1cccc(CCCNC(=O)CCCN(c2cccc(C)c2)S(C)(=O)=O)c1. The Hall–Kier alpha value is -2.34. The number of hydrogen-bond acceptors (Lipinski definition) is 3. The Balaban J connectivity index is 1.75. The van der Waals surface area contributed by atoms with Gasteiger partial charge in [0.2, 0.25) is 15.9 Å². The number of anilines is 1. The zero-order valence-electron chi connectivity index (χ0n) is 16.9. The lowest BCUT2D eigenvalue weighted by molar-refractivity contribution is -0.121. The second-order valence-corrected chi connectivity index (χ2v) is 9.13. The van der Waals surface area contributed by atoms with Gasteiger partial charge in [-0.3, -0.25) is 9.10 Å². The molecule has 1 amide bonds. The fourth-order valence-corrected chi connectivity index (χ4v) is 4.09. The van der Waals surface area contributed by atoms with Crippen molar-refractivity contribution < 1.29 is 13.2 Å². The monoisotopic (exact) mass is 402 g/mol. The van der Waals surface area contributed by atoms with Crippen LogP contribution in [0.25, 0.3) is 0 Å². The van der Waals surface area contributed by atoms with Gasteiger partial charge < -0.3 is 5.32 Å². The largest absolute Gasteiger partial charge is 0.356 e. The first-order valence-corrected chi connectivity index (χ1v) is 11.5. The van der Waals surface area contributed by atoms with Crippen molar-refractivity contribution >= 4 is 21.6 Å². The van der Waals surface area contributed by atoms with Gasteiger partial charge in [-0.25, -0.2) is 8.42 Å². The third kappa shape index (κ3) is 7.35. The molecule has 0 aromatic heterocycles. The lowest BCUT2D eigenvalue weighted by Crippen LogP contribution is -2.32. The molecule has 0 atom stereocenters. The molecule has 0 aliphatic carbocycles. The first-order chi connectivity index (χ1) is 13.3. The van der Waals surface area contributed by atoms with E-state index in [9.17, 15) is 13.2 Å². The van der Waals surface area contributed by atoms with Gasteiger partial charge in [0, 0.05) is 19.5 Å². The number of carbonyl (C=O) groups excluding carboxylic acids is 1. The van der Waals surface area contributed by atoms with E-state index in [0.717, 1.165) is 18.4 Å². The van der Waals surface area contributed by atoms with Crippen LogP contribution in [0, 0.1) is 13.8 Å². The first-order valence-electron chi connectivity index (χ1n) is 9.62. The van der Waals surface area contributed by atoms with Gasteiger partial charge >= 0.3 is 0 Å². The highest BCUT2D eigenvalue weighted by atomic mass is 32.2. The summed E-state index contributed by atoms with van der Waals surface area (Å²) in [6.07, 6.45) is 3.79. The Kier molecular flexibility index (Phi) is 8.05. The molecule has 0 unspecified atom stereocenters. The van der Waals surface area contributed by atoms with E-state index in [0.29, 0.717) is 31.6 Å². The molecular weight excluding hydrogens is 372 g/mol. The van der Waals surface area contributed by atoms with Crippen LogP contribution < -0.4 is 9.62 Å². The summed E-state index contributed by atoms with van der Waals surface area (Å²) in [7, 11) is -3.39. The highest BCUT2D eigenvalue weighted by Gasteiger charge is 2.17. The van der Waals surface area contributed by atoms with Crippen LogP contribution in [0.3, 0.4) is 0 Å². The molecule has 0 fully saturated rings. The van der Waals surface area contributed by atoms with Crippen LogP contribution in [0.4, 0.5) is 5.69 Å². The molecule has 0 heterocycles. The Morgan fingerprint density at radius 2 is 1.68 bits per heavy atom. The maximum Gasteiger partial charge on any atom is 0.232 e. The molecule has 5 nitrogen and oxygen atoms in total. The minimum absolute atomic E-state index is 0.0399. The summed E-state index contributed by atoms with van der Waals surface area (Å²) in [6, 6.07) is 15.8. The topological polar surface area (TPSA) is 66.5 Å². The highest BCUT2D eigenvalue weighted by Crippen LogP contribution is 2.19. The summed E-state index contributed by atoms with van der Waals surface area (Å²) >= 11 is 0. The minimum Gasteiger partial charge on any atom is -0.356 e. The predicted molar refractivity (Wildman–Crippen MR) is 115 cm³/mol. The summed E-state index contributed by atoms with van der Waals surface area (Å²) in [5, 5.41) is 2.92. The van der Waals surface area contributed by atoms with Crippen molar-refractivity contribution in [3.05, 3.63) is 65.2 Å². The second-order valence-electron chi connectivity index (χ2n) is 7.22. The number of amides is 1. The van der Waals surface area contributed by atoms with Gasteiger partial charge in [0.25, 0.3) is 0 Å². The van der Waals surface area contributed by atoms with Crippen LogP contribution >= 0.6 is 0 Å². The fourth-order valence-electron chi connectivity index (χ4n) is 3.13. The van der Waals surface area contributed by atoms with Gasteiger partial charge in [0.1, 0.15) is 0 Å². The van der Waals surface area contributed by atoms with Crippen molar-refractivity contribution in [3.8, 4) is 0 Å². The van der Waals surface area contributed by atoms with Crippen molar-refractivity contribution in [3.63, 3.8) is 0 Å². The minimum atomic E-state index is -3.39. The molecule has 0 saturated heterocycles. The zero-order chi connectivity index (χ0) is 20.6. The van der Waals surface area contributed by atoms with Crippen molar-refractivity contribution in [2.24, 2.45) is 0 Å². The maximum absolute atomic E-state index is 12.1. The number of nitrogens with one attached hydrogen (secondary N) is 1. The van der Waals surface area contributed by atoms with Crippen LogP contribution in [0.5, 0.6) is 0 Å². The number of rotatable bonds is 10. The first kappa shape index (κ1) is 22.0. The average molecular weight is 403 g/mol. The van der Waals surface area contributed by atoms with E-state index >= 15 is 0 Å². The van der Waals surface area contributed by atoms with Crippen molar-refractivity contribution in [1.29, 1.82) is 0 Å². The Labute approximate surface area is 168 Å². The lowest BCUT2D eigenvalue weighted by atomic mass is 10.1. The maximum atomic E-state index is 12.1. The number of aryl methyl sites for hydroxylation is 3. The molecule has 0 aliphatic rings. The van der Waals surface area contributed by atoms with E-state index in [1.165, 1.54) is 21.7 Å². The molecule has 1 N–H and O–H groups in total. The number of sulfonamides is 1.